The Balaban J connectivity index is 1.47. The van der Waals surface area contributed by atoms with E-state index in [-0.39, 0.29) is 0 Å². The van der Waals surface area contributed by atoms with Crippen LogP contribution in [0.3, 0.4) is 0 Å². The molecule has 0 bridgehead atoms. The lowest BCUT2D eigenvalue weighted by Gasteiger charge is -2.50. The Hall–Kier alpha value is -0.340. The zero-order chi connectivity index (χ0) is 13.4. The van der Waals surface area contributed by atoms with E-state index in [0.717, 1.165) is 17.9 Å². The van der Waals surface area contributed by atoms with E-state index < -0.39 is 0 Å². The molecule has 20 heavy (non-hydrogen) atoms. The van der Waals surface area contributed by atoms with Crippen molar-refractivity contribution in [2.45, 2.75) is 70.3 Å². The van der Waals surface area contributed by atoms with Gasteiger partial charge in [0.15, 0.2) is 0 Å². The number of rotatable bonds is 1. The molecule has 2 nitrogen and oxygen atoms in total. The fourth-order valence-electron chi connectivity index (χ4n) is 4.95. The topological polar surface area (TPSA) is 6.48 Å². The molecular formula is C18H28N2. The average molecular weight is 272 g/mol. The van der Waals surface area contributed by atoms with Gasteiger partial charge in [0.05, 0.1) is 0 Å². The molecule has 0 aromatic heterocycles. The van der Waals surface area contributed by atoms with Crippen molar-refractivity contribution in [3.05, 3.63) is 18.2 Å². The van der Waals surface area contributed by atoms with Gasteiger partial charge in [0, 0.05) is 19.1 Å². The monoisotopic (exact) mass is 272 g/mol. The maximum Gasteiger partial charge on any atom is 0.108 e. The van der Waals surface area contributed by atoms with E-state index in [1.54, 1.807) is 0 Å². The minimum Gasteiger partial charge on any atom is -0.237 e. The number of nitrogens with zero attached hydrogens (tertiary/aromatic N) is 2. The van der Waals surface area contributed by atoms with Crippen LogP contribution in [0.1, 0.15) is 64.2 Å². The van der Waals surface area contributed by atoms with Crippen LogP contribution in [0, 0.1) is 18.4 Å². The number of hydrogen-bond acceptors (Lipinski definition) is 2. The number of piperidine rings is 2. The quantitative estimate of drug-likeness (QED) is 0.711. The Morgan fingerprint density at radius 1 is 0.900 bits per heavy atom. The molecule has 3 atom stereocenters. The van der Waals surface area contributed by atoms with Gasteiger partial charge in [-0.1, -0.05) is 18.9 Å². The van der Waals surface area contributed by atoms with Gasteiger partial charge in [-0.15, -0.1) is 0 Å². The highest BCUT2D eigenvalue weighted by molar-refractivity contribution is 5.21. The number of fused-ring (bicyclic) bond motifs is 2. The molecule has 3 fully saturated rings. The van der Waals surface area contributed by atoms with Crippen molar-refractivity contribution >= 4 is 0 Å². The molecule has 2 saturated heterocycles. The fraction of sp³-hybridized carbons (Fsp3) is 0.833. The van der Waals surface area contributed by atoms with Crippen LogP contribution in [0.25, 0.3) is 0 Å². The first-order valence-electron chi connectivity index (χ1n) is 8.92. The maximum absolute atomic E-state index is 3.78. The molecule has 0 aromatic carbocycles. The zero-order valence-electron chi connectivity index (χ0n) is 12.7. The first-order valence-corrected chi connectivity index (χ1v) is 8.92. The summed E-state index contributed by atoms with van der Waals surface area (Å²) in [6.07, 6.45) is 16.6. The molecule has 0 amide bonds. The van der Waals surface area contributed by atoms with Gasteiger partial charge in [-0.05, 0) is 68.8 Å². The van der Waals surface area contributed by atoms with Crippen molar-refractivity contribution in [1.29, 1.82) is 0 Å². The first-order chi connectivity index (χ1) is 9.92. The van der Waals surface area contributed by atoms with Crippen molar-refractivity contribution in [2.75, 3.05) is 13.1 Å². The molecule has 0 spiro atoms. The molecule has 4 rings (SSSR count). The minimum atomic E-state index is 0.825. The van der Waals surface area contributed by atoms with E-state index in [1.165, 1.54) is 82.9 Å². The molecule has 110 valence electrons. The molecule has 2 aliphatic carbocycles. The van der Waals surface area contributed by atoms with Gasteiger partial charge < -0.3 is 0 Å². The Kier molecular flexibility index (Phi) is 3.87. The van der Waals surface area contributed by atoms with Crippen LogP contribution in [0.5, 0.6) is 0 Å². The van der Waals surface area contributed by atoms with Crippen molar-refractivity contribution in [3.8, 4) is 0 Å². The molecule has 1 saturated carbocycles. The van der Waals surface area contributed by atoms with Gasteiger partial charge in [0.1, 0.15) is 6.54 Å². The molecule has 0 N–H and O–H groups in total. The minimum absolute atomic E-state index is 0.825. The van der Waals surface area contributed by atoms with Crippen LogP contribution in [0.4, 0.5) is 0 Å². The largest absolute Gasteiger partial charge is 0.237 e. The highest BCUT2D eigenvalue weighted by Crippen LogP contribution is 2.40. The Morgan fingerprint density at radius 2 is 1.80 bits per heavy atom. The third kappa shape index (κ3) is 2.46. The van der Waals surface area contributed by atoms with Crippen LogP contribution >= 0.6 is 0 Å². The van der Waals surface area contributed by atoms with E-state index >= 15 is 0 Å². The normalized spacial score (nSPS) is 39.8. The summed E-state index contributed by atoms with van der Waals surface area (Å²) in [5.41, 5.74) is 1.53. The predicted molar refractivity (Wildman–Crippen MR) is 81.7 cm³/mol. The summed E-state index contributed by atoms with van der Waals surface area (Å²) in [6.45, 7) is 6.26. The van der Waals surface area contributed by atoms with Gasteiger partial charge in [-0.25, -0.2) is 10.0 Å². The molecule has 4 aliphatic rings. The second-order valence-corrected chi connectivity index (χ2v) is 7.23. The van der Waals surface area contributed by atoms with Gasteiger partial charge in [-0.2, -0.15) is 0 Å². The molecule has 2 aliphatic heterocycles. The highest BCUT2D eigenvalue weighted by atomic mass is 15.6. The van der Waals surface area contributed by atoms with E-state index in [1.807, 2.05) is 0 Å². The van der Waals surface area contributed by atoms with Crippen LogP contribution in [-0.2, 0) is 0 Å². The summed E-state index contributed by atoms with van der Waals surface area (Å²) in [6, 6.07) is 0.825. The number of hydrogen-bond donors (Lipinski definition) is 0. The van der Waals surface area contributed by atoms with Crippen LogP contribution in [-0.4, -0.2) is 29.1 Å². The van der Waals surface area contributed by atoms with Crippen molar-refractivity contribution in [2.24, 2.45) is 11.8 Å². The summed E-state index contributed by atoms with van der Waals surface area (Å²) >= 11 is 0. The fourth-order valence-corrected chi connectivity index (χ4v) is 4.95. The van der Waals surface area contributed by atoms with Crippen molar-refractivity contribution < 1.29 is 0 Å². The molecule has 3 unspecified atom stereocenters. The first kappa shape index (κ1) is 13.3. The highest BCUT2D eigenvalue weighted by Gasteiger charge is 2.38. The third-order valence-electron chi connectivity index (χ3n) is 6.03. The lowest BCUT2D eigenvalue weighted by molar-refractivity contribution is -0.0963. The summed E-state index contributed by atoms with van der Waals surface area (Å²) in [5.74, 6) is 1.80. The molecule has 2 heteroatoms. The van der Waals surface area contributed by atoms with Gasteiger partial charge >= 0.3 is 0 Å². The average Bonchev–Trinajstić information content (AvgIpc) is 2.54. The van der Waals surface area contributed by atoms with E-state index in [4.69, 9.17) is 0 Å². The number of hydrazine groups is 1. The molecule has 0 aromatic rings. The lowest BCUT2D eigenvalue weighted by atomic mass is 9.78. The smallest absolute Gasteiger partial charge is 0.108 e. The number of allylic oxidation sites excluding steroid dienone is 1. The summed E-state index contributed by atoms with van der Waals surface area (Å²) in [7, 11) is 0. The van der Waals surface area contributed by atoms with E-state index in [9.17, 15) is 0 Å². The van der Waals surface area contributed by atoms with Gasteiger partial charge in [-0.3, -0.25) is 0 Å². The summed E-state index contributed by atoms with van der Waals surface area (Å²) in [5, 5.41) is 5.20. The Bertz CT molecular complexity index is 374. The lowest BCUT2D eigenvalue weighted by Crippen LogP contribution is -2.56. The van der Waals surface area contributed by atoms with Gasteiger partial charge in [0.2, 0.25) is 0 Å². The predicted octanol–water partition coefficient (Wildman–Crippen LogP) is 4.03. The SMILES string of the molecule is [C]1C2=CCCCC2CCN1N1CCCC2CCCCC21. The second-order valence-electron chi connectivity index (χ2n) is 7.23. The van der Waals surface area contributed by atoms with Crippen LogP contribution in [0.15, 0.2) is 11.6 Å². The summed E-state index contributed by atoms with van der Waals surface area (Å²) in [4.78, 5) is 0. The van der Waals surface area contributed by atoms with Crippen LogP contribution in [0.2, 0.25) is 0 Å². The maximum atomic E-state index is 3.78. The molecule has 2 radical (unpaired) electrons. The van der Waals surface area contributed by atoms with Crippen molar-refractivity contribution in [1.82, 2.24) is 10.0 Å². The van der Waals surface area contributed by atoms with Gasteiger partial charge in [0.25, 0.3) is 0 Å². The van der Waals surface area contributed by atoms with Crippen LogP contribution < -0.4 is 0 Å². The van der Waals surface area contributed by atoms with E-state index in [2.05, 4.69) is 22.6 Å². The Morgan fingerprint density at radius 3 is 2.80 bits per heavy atom. The standard InChI is InChI=1S/C18H28N2/c1-2-8-17-14-19(13-11-15(17)6-1)20-12-5-9-16-7-3-4-10-18(16)20/h8,15-16,18H,1-7,9-13H2. The summed E-state index contributed by atoms with van der Waals surface area (Å²) < 4.78 is 0. The molecular weight excluding hydrogens is 244 g/mol. The molecule has 2 heterocycles. The third-order valence-corrected chi connectivity index (χ3v) is 6.03. The second kappa shape index (κ2) is 5.81. The Labute approximate surface area is 124 Å². The zero-order valence-corrected chi connectivity index (χ0v) is 12.7. The van der Waals surface area contributed by atoms with Crippen molar-refractivity contribution in [3.63, 3.8) is 0 Å². The van der Waals surface area contributed by atoms with E-state index in [0.29, 0.717) is 0 Å².